The largest absolute Gasteiger partial charge is 0.416 e. The topological polar surface area (TPSA) is 96.1 Å². The molecule has 0 fully saturated rings. The fourth-order valence-electron chi connectivity index (χ4n) is 2.84. The van der Waals surface area contributed by atoms with Gasteiger partial charge in [-0.05, 0) is 43.3 Å². The molecule has 0 bridgehead atoms. The van der Waals surface area contributed by atoms with Crippen molar-refractivity contribution in [2.24, 2.45) is 0 Å². The van der Waals surface area contributed by atoms with Gasteiger partial charge in [-0.3, -0.25) is 9.59 Å². The number of hydrogen-bond donors (Lipinski definition) is 3. The van der Waals surface area contributed by atoms with E-state index >= 15 is 0 Å². The van der Waals surface area contributed by atoms with Gasteiger partial charge in [0.15, 0.2) is 0 Å². The van der Waals surface area contributed by atoms with Crippen molar-refractivity contribution in [1.82, 2.24) is 15.3 Å². The number of imidazole rings is 1. The molecule has 0 saturated carbocycles. The van der Waals surface area contributed by atoms with E-state index in [-0.39, 0.29) is 30.0 Å². The first-order chi connectivity index (χ1) is 14.2. The number of rotatable bonds is 6. The highest BCUT2D eigenvalue weighted by atomic mass is 19.4. The number of benzene rings is 2. The highest BCUT2D eigenvalue weighted by Crippen LogP contribution is 2.32. The molecule has 0 aliphatic heterocycles. The SMILES string of the molecule is COCCNC(=O)c1cc(NC(=O)c2ccc3nc(C)[nH]c3c2)cc(C(F)(F)F)c1. The second kappa shape index (κ2) is 8.54. The maximum atomic E-state index is 13.3. The first-order valence-electron chi connectivity index (χ1n) is 8.94. The average molecular weight is 420 g/mol. The summed E-state index contributed by atoms with van der Waals surface area (Å²) in [4.78, 5) is 32.0. The lowest BCUT2D eigenvalue weighted by Crippen LogP contribution is -2.27. The summed E-state index contributed by atoms with van der Waals surface area (Å²) in [6.07, 6.45) is -4.69. The van der Waals surface area contributed by atoms with E-state index in [4.69, 9.17) is 4.74 Å². The Bertz CT molecular complexity index is 1090. The minimum Gasteiger partial charge on any atom is -0.383 e. The summed E-state index contributed by atoms with van der Waals surface area (Å²) in [5, 5.41) is 4.88. The van der Waals surface area contributed by atoms with Gasteiger partial charge in [0.1, 0.15) is 5.82 Å². The first-order valence-corrected chi connectivity index (χ1v) is 8.94. The molecule has 0 unspecified atom stereocenters. The number of H-pyrrole nitrogens is 1. The fraction of sp³-hybridized carbons (Fsp3) is 0.250. The van der Waals surface area contributed by atoms with Gasteiger partial charge in [0.25, 0.3) is 11.8 Å². The van der Waals surface area contributed by atoms with Gasteiger partial charge in [-0.1, -0.05) is 0 Å². The minimum atomic E-state index is -4.69. The summed E-state index contributed by atoms with van der Waals surface area (Å²) < 4.78 is 44.6. The maximum Gasteiger partial charge on any atom is 0.416 e. The Morgan fingerprint density at radius 2 is 1.87 bits per heavy atom. The number of nitrogens with zero attached hydrogens (tertiary/aromatic N) is 1. The Labute approximate surface area is 169 Å². The number of nitrogens with one attached hydrogen (secondary N) is 3. The lowest BCUT2D eigenvalue weighted by molar-refractivity contribution is -0.137. The molecule has 2 amide bonds. The predicted molar refractivity (Wildman–Crippen MR) is 104 cm³/mol. The van der Waals surface area contributed by atoms with Crippen molar-refractivity contribution in [1.29, 1.82) is 0 Å². The van der Waals surface area contributed by atoms with E-state index in [1.807, 2.05) is 0 Å². The third-order valence-corrected chi connectivity index (χ3v) is 4.23. The number of aryl methyl sites for hydroxylation is 1. The van der Waals surface area contributed by atoms with Gasteiger partial charge in [0, 0.05) is 30.5 Å². The van der Waals surface area contributed by atoms with E-state index in [9.17, 15) is 22.8 Å². The molecule has 0 spiro atoms. The molecule has 1 aromatic heterocycles. The number of methoxy groups -OCH3 is 1. The molecule has 0 aliphatic carbocycles. The van der Waals surface area contributed by atoms with E-state index in [1.165, 1.54) is 19.2 Å². The normalized spacial score (nSPS) is 11.5. The number of halogens is 3. The van der Waals surface area contributed by atoms with Crippen molar-refractivity contribution < 1.29 is 27.5 Å². The first kappa shape index (κ1) is 21.3. The van der Waals surface area contributed by atoms with Crippen molar-refractivity contribution in [2.75, 3.05) is 25.6 Å². The summed E-state index contributed by atoms with van der Waals surface area (Å²) in [6, 6.07) is 7.41. The third-order valence-electron chi connectivity index (χ3n) is 4.23. The zero-order chi connectivity index (χ0) is 21.9. The van der Waals surface area contributed by atoms with Crippen molar-refractivity contribution in [3.8, 4) is 0 Å². The van der Waals surface area contributed by atoms with Gasteiger partial charge in [-0.2, -0.15) is 13.2 Å². The zero-order valence-corrected chi connectivity index (χ0v) is 16.2. The number of hydrogen-bond acceptors (Lipinski definition) is 4. The molecule has 7 nitrogen and oxygen atoms in total. The smallest absolute Gasteiger partial charge is 0.383 e. The number of ether oxygens (including phenoxy) is 1. The number of aromatic amines is 1. The Morgan fingerprint density at radius 3 is 2.57 bits per heavy atom. The van der Waals surface area contributed by atoms with E-state index in [0.717, 1.165) is 12.1 Å². The van der Waals surface area contributed by atoms with Crippen LogP contribution >= 0.6 is 0 Å². The predicted octanol–water partition coefficient (Wildman–Crippen LogP) is 3.52. The Kier molecular flexibility index (Phi) is 6.06. The van der Waals surface area contributed by atoms with Crippen LogP contribution in [0.3, 0.4) is 0 Å². The van der Waals surface area contributed by atoms with Crippen LogP contribution in [0.1, 0.15) is 32.1 Å². The summed E-state index contributed by atoms with van der Waals surface area (Å²) in [7, 11) is 1.44. The molecule has 0 saturated heterocycles. The highest BCUT2D eigenvalue weighted by Gasteiger charge is 2.32. The molecule has 10 heteroatoms. The number of alkyl halides is 3. The molecule has 0 radical (unpaired) electrons. The van der Waals surface area contributed by atoms with Gasteiger partial charge < -0.3 is 20.4 Å². The summed E-state index contributed by atoms with van der Waals surface area (Å²) >= 11 is 0. The number of aromatic nitrogens is 2. The third kappa shape index (κ3) is 4.95. The Hall–Kier alpha value is -3.40. The average Bonchev–Trinajstić information content (AvgIpc) is 3.06. The van der Waals surface area contributed by atoms with Crippen molar-refractivity contribution in [2.45, 2.75) is 13.1 Å². The summed E-state index contributed by atoms with van der Waals surface area (Å²) in [5.41, 5.74) is 0.107. The van der Waals surface area contributed by atoms with Gasteiger partial charge >= 0.3 is 6.18 Å². The number of amides is 2. The van der Waals surface area contributed by atoms with Gasteiger partial charge in [0.2, 0.25) is 0 Å². The lowest BCUT2D eigenvalue weighted by Gasteiger charge is -2.13. The van der Waals surface area contributed by atoms with E-state index in [1.54, 1.807) is 19.1 Å². The monoisotopic (exact) mass is 420 g/mol. The van der Waals surface area contributed by atoms with Crippen LogP contribution in [0.25, 0.3) is 11.0 Å². The maximum absolute atomic E-state index is 13.3. The molecule has 1 heterocycles. The molecular formula is C20H19F3N4O3. The van der Waals surface area contributed by atoms with Crippen LogP contribution in [0.5, 0.6) is 0 Å². The van der Waals surface area contributed by atoms with Gasteiger partial charge in [-0.15, -0.1) is 0 Å². The Balaban J connectivity index is 1.88. The van der Waals surface area contributed by atoms with Crippen LogP contribution < -0.4 is 10.6 Å². The lowest BCUT2D eigenvalue weighted by atomic mass is 10.1. The van der Waals surface area contributed by atoms with E-state index in [2.05, 4.69) is 20.6 Å². The van der Waals surface area contributed by atoms with Crippen LogP contribution in [0, 0.1) is 6.92 Å². The molecule has 30 heavy (non-hydrogen) atoms. The van der Waals surface area contributed by atoms with Crippen LogP contribution in [0.4, 0.5) is 18.9 Å². The zero-order valence-electron chi connectivity index (χ0n) is 16.2. The molecule has 0 atom stereocenters. The van der Waals surface area contributed by atoms with E-state index in [0.29, 0.717) is 16.9 Å². The van der Waals surface area contributed by atoms with Crippen molar-refractivity contribution in [3.05, 3.63) is 58.9 Å². The van der Waals surface area contributed by atoms with Gasteiger partial charge in [0.05, 0.1) is 23.2 Å². The number of anilines is 1. The molecular weight excluding hydrogens is 401 g/mol. The fourth-order valence-corrected chi connectivity index (χ4v) is 2.84. The summed E-state index contributed by atoms with van der Waals surface area (Å²) in [6.45, 7) is 2.11. The standard InChI is InChI=1S/C20H19F3N4O3/c1-11-25-16-4-3-12(9-17(16)26-11)19(29)27-15-8-13(18(28)24-5-6-30-2)7-14(10-15)20(21,22)23/h3-4,7-10H,5-6H2,1-2H3,(H,24,28)(H,25,26)(H,27,29). The van der Waals surface area contributed by atoms with Crippen LogP contribution in [0.2, 0.25) is 0 Å². The molecule has 3 rings (SSSR count). The molecule has 3 aromatic rings. The molecule has 0 aliphatic rings. The number of carbonyl (C=O) groups is 2. The quantitative estimate of drug-likeness (QED) is 0.532. The van der Waals surface area contributed by atoms with Crippen molar-refractivity contribution >= 4 is 28.5 Å². The molecule has 158 valence electrons. The summed E-state index contributed by atoms with van der Waals surface area (Å²) in [5.74, 6) is -0.651. The number of carbonyl (C=O) groups excluding carboxylic acids is 2. The van der Waals surface area contributed by atoms with Crippen molar-refractivity contribution in [3.63, 3.8) is 0 Å². The van der Waals surface area contributed by atoms with Crippen LogP contribution in [-0.4, -0.2) is 42.0 Å². The number of fused-ring (bicyclic) bond motifs is 1. The Morgan fingerprint density at radius 1 is 1.10 bits per heavy atom. The molecule has 3 N–H and O–H groups in total. The van der Waals surface area contributed by atoms with E-state index < -0.39 is 23.6 Å². The van der Waals surface area contributed by atoms with Crippen LogP contribution in [-0.2, 0) is 10.9 Å². The molecule has 2 aromatic carbocycles. The second-order valence-corrected chi connectivity index (χ2v) is 6.55. The highest BCUT2D eigenvalue weighted by molar-refractivity contribution is 6.06. The van der Waals surface area contributed by atoms with Gasteiger partial charge in [-0.25, -0.2) is 4.98 Å². The minimum absolute atomic E-state index is 0.136. The second-order valence-electron chi connectivity index (χ2n) is 6.55. The van der Waals surface area contributed by atoms with Crippen LogP contribution in [0.15, 0.2) is 36.4 Å².